The first-order chi connectivity index (χ1) is 17.7. The third kappa shape index (κ3) is 4.73. The molecule has 5 rings (SSSR count). The second-order valence-corrected chi connectivity index (χ2v) is 8.82. The zero-order valence-corrected chi connectivity index (χ0v) is 19.8. The van der Waals surface area contributed by atoms with Crippen LogP contribution in [0, 0.1) is 11.8 Å². The maximum absolute atomic E-state index is 15.4. The zero-order valence-electron chi connectivity index (χ0n) is 19.8. The van der Waals surface area contributed by atoms with Gasteiger partial charge in [0, 0.05) is 50.7 Å². The number of carbonyl (C=O) groups is 1. The number of aromatic nitrogens is 4. The Morgan fingerprint density at radius 3 is 2.57 bits per heavy atom. The van der Waals surface area contributed by atoms with Crippen LogP contribution in [0.25, 0.3) is 21.8 Å². The number of aryl methyl sites for hydroxylation is 1. The highest BCUT2D eigenvalue weighted by Gasteiger charge is 2.23. The van der Waals surface area contributed by atoms with Gasteiger partial charge in [-0.3, -0.25) is 19.2 Å². The molecular formula is C24H23F4N7O2. The number of halogens is 4. The van der Waals surface area contributed by atoms with Crippen molar-refractivity contribution in [2.45, 2.75) is 13.0 Å². The summed E-state index contributed by atoms with van der Waals surface area (Å²) in [5.74, 6) is -2.25. The number of pyridine rings is 2. The van der Waals surface area contributed by atoms with Gasteiger partial charge in [0.1, 0.15) is 5.69 Å². The molecule has 3 aromatic heterocycles. The van der Waals surface area contributed by atoms with Gasteiger partial charge in [-0.2, -0.15) is 9.49 Å². The molecule has 4 heterocycles. The van der Waals surface area contributed by atoms with Gasteiger partial charge < -0.3 is 15.2 Å². The summed E-state index contributed by atoms with van der Waals surface area (Å²) in [5, 5.41) is 7.05. The van der Waals surface area contributed by atoms with Crippen molar-refractivity contribution in [2.24, 2.45) is 7.05 Å². The number of amides is 1. The van der Waals surface area contributed by atoms with Gasteiger partial charge in [0.05, 0.1) is 34.8 Å². The maximum Gasteiger partial charge on any atom is 0.270 e. The largest absolute Gasteiger partial charge is 0.365 e. The molecule has 0 saturated carbocycles. The molecule has 13 heteroatoms. The number of fused-ring (bicyclic) bond motifs is 3. The van der Waals surface area contributed by atoms with Crippen LogP contribution in [0.4, 0.5) is 23.2 Å². The Hall–Kier alpha value is -4.00. The second-order valence-electron chi connectivity index (χ2n) is 8.82. The molecule has 9 nitrogen and oxygen atoms in total. The van der Waals surface area contributed by atoms with Crippen LogP contribution in [0.3, 0.4) is 0 Å². The molecule has 2 N–H and O–H groups in total. The Balaban J connectivity index is 1.27. The summed E-state index contributed by atoms with van der Waals surface area (Å²) in [4.78, 5) is 34.3. The van der Waals surface area contributed by atoms with Gasteiger partial charge in [-0.25, -0.2) is 18.2 Å². The number of carbonyl (C=O) groups excluding carboxylic acids is 1. The molecule has 0 spiro atoms. The highest BCUT2D eigenvalue weighted by atomic mass is 19.3. The molecule has 1 aliphatic heterocycles. The second kappa shape index (κ2) is 9.81. The minimum Gasteiger partial charge on any atom is -0.365 e. The van der Waals surface area contributed by atoms with E-state index in [2.05, 4.69) is 15.1 Å². The van der Waals surface area contributed by atoms with E-state index >= 15 is 4.39 Å². The summed E-state index contributed by atoms with van der Waals surface area (Å²) >= 11 is 0. The van der Waals surface area contributed by atoms with Crippen molar-refractivity contribution >= 4 is 33.4 Å². The van der Waals surface area contributed by atoms with Crippen molar-refractivity contribution in [3.63, 3.8) is 0 Å². The molecule has 1 saturated heterocycles. The van der Waals surface area contributed by atoms with Crippen molar-refractivity contribution in [1.29, 1.82) is 0 Å². The predicted octanol–water partition coefficient (Wildman–Crippen LogP) is 2.41. The Bertz CT molecular complexity index is 1540. The number of H-pyrrole nitrogens is 1. The van der Waals surface area contributed by atoms with Gasteiger partial charge in [-0.05, 0) is 12.1 Å². The zero-order chi connectivity index (χ0) is 26.3. The number of hydrogen-bond donors (Lipinski definition) is 2. The van der Waals surface area contributed by atoms with Crippen LogP contribution in [0.1, 0.15) is 16.1 Å². The van der Waals surface area contributed by atoms with Gasteiger partial charge in [-0.1, -0.05) is 12.1 Å². The number of aromatic amines is 1. The van der Waals surface area contributed by atoms with Crippen LogP contribution in [0.15, 0.2) is 35.3 Å². The SMILES string of the molecule is Cn1ncc2c(=O)[nH]c3c(F)c(CN4CCN(c5ccc(C(=O)NCC(F)F)nc5F)CC4)ccc3c21. The van der Waals surface area contributed by atoms with Crippen LogP contribution in [-0.4, -0.2) is 69.7 Å². The van der Waals surface area contributed by atoms with Gasteiger partial charge >= 0.3 is 0 Å². The Morgan fingerprint density at radius 1 is 1.11 bits per heavy atom. The normalized spacial score (nSPS) is 14.7. The number of anilines is 1. The molecule has 0 bridgehead atoms. The Labute approximate surface area is 207 Å². The van der Waals surface area contributed by atoms with Gasteiger partial charge in [-0.15, -0.1) is 0 Å². The molecule has 0 aliphatic carbocycles. The quantitative estimate of drug-likeness (QED) is 0.301. The molecule has 194 valence electrons. The van der Waals surface area contributed by atoms with E-state index in [9.17, 15) is 22.8 Å². The van der Waals surface area contributed by atoms with E-state index in [1.807, 2.05) is 10.2 Å². The van der Waals surface area contributed by atoms with Gasteiger partial charge in [0.25, 0.3) is 17.9 Å². The average Bonchev–Trinajstić information content (AvgIpc) is 3.27. The van der Waals surface area contributed by atoms with E-state index in [1.54, 1.807) is 28.8 Å². The average molecular weight is 517 g/mol. The lowest BCUT2D eigenvalue weighted by atomic mass is 10.1. The van der Waals surface area contributed by atoms with Crippen LogP contribution >= 0.6 is 0 Å². The molecule has 0 radical (unpaired) electrons. The van der Waals surface area contributed by atoms with Crippen molar-refractivity contribution in [1.82, 2.24) is 30.0 Å². The van der Waals surface area contributed by atoms with Crippen LogP contribution < -0.4 is 15.8 Å². The number of hydrogen-bond acceptors (Lipinski definition) is 6. The lowest BCUT2D eigenvalue weighted by Gasteiger charge is -2.36. The van der Waals surface area contributed by atoms with Gasteiger partial charge in [0.15, 0.2) is 5.82 Å². The number of nitrogens with one attached hydrogen (secondary N) is 2. The number of benzene rings is 1. The summed E-state index contributed by atoms with van der Waals surface area (Å²) in [5.41, 5.74) is 0.612. The van der Waals surface area contributed by atoms with E-state index in [0.717, 1.165) is 0 Å². The summed E-state index contributed by atoms with van der Waals surface area (Å²) in [6.45, 7) is 1.32. The third-order valence-corrected chi connectivity index (χ3v) is 6.48. The molecule has 1 fully saturated rings. The maximum atomic E-state index is 15.4. The molecule has 1 aromatic carbocycles. The van der Waals surface area contributed by atoms with E-state index in [0.29, 0.717) is 54.6 Å². The van der Waals surface area contributed by atoms with E-state index in [4.69, 9.17) is 0 Å². The minimum atomic E-state index is -2.72. The van der Waals surface area contributed by atoms with Crippen LogP contribution in [0.5, 0.6) is 0 Å². The van der Waals surface area contributed by atoms with Crippen molar-refractivity contribution < 1.29 is 22.4 Å². The third-order valence-electron chi connectivity index (χ3n) is 6.48. The number of nitrogens with zero attached hydrogens (tertiary/aromatic N) is 5. The highest BCUT2D eigenvalue weighted by molar-refractivity contribution is 6.03. The predicted molar refractivity (Wildman–Crippen MR) is 129 cm³/mol. The van der Waals surface area contributed by atoms with Crippen molar-refractivity contribution in [3.05, 3.63) is 63.8 Å². The first kappa shape index (κ1) is 24.7. The van der Waals surface area contributed by atoms with Gasteiger partial charge in [0.2, 0.25) is 5.95 Å². The highest BCUT2D eigenvalue weighted by Crippen LogP contribution is 2.26. The first-order valence-corrected chi connectivity index (χ1v) is 11.6. The summed E-state index contributed by atoms with van der Waals surface area (Å²) in [6.07, 6.45) is -1.26. The number of rotatable bonds is 6. The fourth-order valence-corrected chi connectivity index (χ4v) is 4.60. The van der Waals surface area contributed by atoms with Crippen LogP contribution in [-0.2, 0) is 13.6 Å². The standard InChI is InChI=1S/C24H23F4N7O2/c1-33-21-14-3-2-13(19(27)20(14)32-23(36)15(21)10-30-33)12-34-6-8-35(9-7-34)17-5-4-16(31-22(17)28)24(37)29-11-18(25)26/h2-5,10,18H,6-9,11-12H2,1H3,(H,29,37)(H,32,36). The fourth-order valence-electron chi connectivity index (χ4n) is 4.60. The Morgan fingerprint density at radius 2 is 1.86 bits per heavy atom. The molecule has 1 aliphatic rings. The fraction of sp³-hybridized carbons (Fsp3) is 0.333. The summed E-state index contributed by atoms with van der Waals surface area (Å²) in [7, 11) is 1.70. The van der Waals surface area contributed by atoms with Crippen molar-refractivity contribution in [2.75, 3.05) is 37.6 Å². The lowest BCUT2D eigenvalue weighted by Crippen LogP contribution is -2.46. The van der Waals surface area contributed by atoms with E-state index < -0.39 is 36.2 Å². The smallest absolute Gasteiger partial charge is 0.270 e. The minimum absolute atomic E-state index is 0.128. The monoisotopic (exact) mass is 517 g/mol. The topological polar surface area (TPSA) is 99.2 Å². The van der Waals surface area contributed by atoms with Crippen molar-refractivity contribution in [3.8, 4) is 0 Å². The van der Waals surface area contributed by atoms with Crippen LogP contribution in [0.2, 0.25) is 0 Å². The molecular weight excluding hydrogens is 494 g/mol. The van der Waals surface area contributed by atoms with E-state index in [1.165, 1.54) is 18.3 Å². The number of alkyl halides is 2. The number of piperazine rings is 1. The lowest BCUT2D eigenvalue weighted by molar-refractivity contribution is 0.0886. The molecule has 4 aromatic rings. The molecule has 37 heavy (non-hydrogen) atoms. The molecule has 1 amide bonds. The molecule has 0 unspecified atom stereocenters. The molecule has 0 atom stereocenters. The first-order valence-electron chi connectivity index (χ1n) is 11.6. The van der Waals surface area contributed by atoms with E-state index in [-0.39, 0.29) is 16.9 Å². The Kier molecular flexibility index (Phi) is 6.54. The summed E-state index contributed by atoms with van der Waals surface area (Å²) in [6, 6.07) is 6.14. The summed E-state index contributed by atoms with van der Waals surface area (Å²) < 4.78 is 56.1.